The molecule has 0 radical (unpaired) electrons. The molecule has 1 aliphatic rings. The number of ether oxygens (including phenoxy) is 1. The zero-order valence-electron chi connectivity index (χ0n) is 17.0. The van der Waals surface area contributed by atoms with Gasteiger partial charge < -0.3 is 15.4 Å². The molecule has 2 aromatic rings. The van der Waals surface area contributed by atoms with Gasteiger partial charge in [-0.25, -0.2) is 4.99 Å². The fraction of sp³-hybridized carbons (Fsp3) is 0.524. The van der Waals surface area contributed by atoms with E-state index in [4.69, 9.17) is 9.73 Å². The van der Waals surface area contributed by atoms with Gasteiger partial charge in [-0.2, -0.15) is 5.10 Å². The first-order chi connectivity index (χ1) is 13.8. The standard InChI is InChI=1S/C21H32N6O/c1-3-22-21(23-15-18(2)26-11-13-28-14-12-26)24-16-19-7-4-5-8-20(19)17-27-10-6-9-25-27/h4-10,18H,3,11-17H2,1-2H3,(H2,22,23,24). The minimum Gasteiger partial charge on any atom is -0.379 e. The summed E-state index contributed by atoms with van der Waals surface area (Å²) in [6.07, 6.45) is 3.79. The van der Waals surface area contributed by atoms with Crippen LogP contribution in [0.5, 0.6) is 0 Å². The molecule has 152 valence electrons. The first kappa shape index (κ1) is 20.4. The van der Waals surface area contributed by atoms with E-state index in [0.29, 0.717) is 12.6 Å². The molecule has 1 fully saturated rings. The summed E-state index contributed by atoms with van der Waals surface area (Å²) >= 11 is 0. The van der Waals surface area contributed by atoms with Crippen molar-refractivity contribution in [2.45, 2.75) is 33.0 Å². The number of nitrogens with zero attached hydrogens (tertiary/aromatic N) is 4. The van der Waals surface area contributed by atoms with Crippen LogP contribution in [0.1, 0.15) is 25.0 Å². The van der Waals surface area contributed by atoms with Crippen LogP contribution < -0.4 is 10.6 Å². The molecule has 0 spiro atoms. The van der Waals surface area contributed by atoms with Crippen molar-refractivity contribution in [3.8, 4) is 0 Å². The maximum Gasteiger partial charge on any atom is 0.191 e. The van der Waals surface area contributed by atoms with Crippen LogP contribution in [-0.2, 0) is 17.8 Å². The Bertz CT molecular complexity index is 724. The lowest BCUT2D eigenvalue weighted by molar-refractivity contribution is 0.0211. The number of aliphatic imine (C=N–C) groups is 1. The predicted molar refractivity (Wildman–Crippen MR) is 112 cm³/mol. The summed E-state index contributed by atoms with van der Waals surface area (Å²) in [5.74, 6) is 0.858. The van der Waals surface area contributed by atoms with E-state index >= 15 is 0 Å². The first-order valence-electron chi connectivity index (χ1n) is 10.1. The molecule has 0 amide bonds. The minimum atomic E-state index is 0.444. The molecule has 0 bridgehead atoms. The van der Waals surface area contributed by atoms with Gasteiger partial charge in [0, 0.05) is 44.6 Å². The third kappa shape index (κ3) is 6.07. The van der Waals surface area contributed by atoms with Crippen molar-refractivity contribution < 1.29 is 4.74 Å². The van der Waals surface area contributed by atoms with E-state index in [9.17, 15) is 0 Å². The van der Waals surface area contributed by atoms with Crippen molar-refractivity contribution in [1.29, 1.82) is 0 Å². The van der Waals surface area contributed by atoms with Gasteiger partial charge in [-0.15, -0.1) is 0 Å². The molecular formula is C21H32N6O. The van der Waals surface area contributed by atoms with Crippen molar-refractivity contribution in [3.63, 3.8) is 0 Å². The van der Waals surface area contributed by atoms with Gasteiger partial charge in [-0.05, 0) is 31.0 Å². The summed E-state index contributed by atoms with van der Waals surface area (Å²) < 4.78 is 7.39. The highest BCUT2D eigenvalue weighted by molar-refractivity contribution is 5.79. The van der Waals surface area contributed by atoms with Gasteiger partial charge in [0.1, 0.15) is 0 Å². The molecule has 7 heteroatoms. The van der Waals surface area contributed by atoms with Crippen LogP contribution in [0.2, 0.25) is 0 Å². The van der Waals surface area contributed by atoms with E-state index < -0.39 is 0 Å². The summed E-state index contributed by atoms with van der Waals surface area (Å²) in [6.45, 7) is 11.1. The number of guanidine groups is 1. The molecule has 1 aromatic carbocycles. The second-order valence-electron chi connectivity index (χ2n) is 7.05. The highest BCUT2D eigenvalue weighted by Gasteiger charge is 2.17. The maximum absolute atomic E-state index is 5.45. The van der Waals surface area contributed by atoms with Crippen LogP contribution >= 0.6 is 0 Å². The fourth-order valence-electron chi connectivity index (χ4n) is 3.33. The Balaban J connectivity index is 1.59. The lowest BCUT2D eigenvalue weighted by Gasteiger charge is -2.32. The lowest BCUT2D eigenvalue weighted by atomic mass is 10.1. The number of hydrogen-bond acceptors (Lipinski definition) is 4. The molecule has 2 N–H and O–H groups in total. The van der Waals surface area contributed by atoms with Gasteiger partial charge in [-0.3, -0.25) is 9.58 Å². The Hall–Kier alpha value is -2.38. The van der Waals surface area contributed by atoms with Crippen LogP contribution in [0.3, 0.4) is 0 Å². The number of morpholine rings is 1. The van der Waals surface area contributed by atoms with Gasteiger partial charge in [0.25, 0.3) is 0 Å². The van der Waals surface area contributed by atoms with E-state index in [1.807, 2.05) is 23.1 Å². The highest BCUT2D eigenvalue weighted by atomic mass is 16.5. The zero-order valence-corrected chi connectivity index (χ0v) is 17.0. The Morgan fingerprint density at radius 2 is 1.96 bits per heavy atom. The second kappa shape index (κ2) is 10.8. The van der Waals surface area contributed by atoms with Crippen LogP contribution in [-0.4, -0.2) is 66.1 Å². The van der Waals surface area contributed by atoms with Gasteiger partial charge in [-0.1, -0.05) is 24.3 Å². The van der Waals surface area contributed by atoms with Crippen molar-refractivity contribution in [2.24, 2.45) is 4.99 Å². The number of nitrogens with one attached hydrogen (secondary N) is 2. The van der Waals surface area contributed by atoms with Gasteiger partial charge in [0.05, 0.1) is 26.3 Å². The van der Waals surface area contributed by atoms with E-state index in [0.717, 1.165) is 51.9 Å². The number of benzene rings is 1. The average molecular weight is 385 g/mol. The Morgan fingerprint density at radius 1 is 1.18 bits per heavy atom. The van der Waals surface area contributed by atoms with Crippen LogP contribution in [0.4, 0.5) is 0 Å². The quantitative estimate of drug-likeness (QED) is 0.536. The van der Waals surface area contributed by atoms with E-state index in [2.05, 4.69) is 58.7 Å². The SMILES string of the molecule is CCNC(=NCc1ccccc1Cn1cccn1)NCC(C)N1CCOCC1. The Labute approximate surface area is 167 Å². The van der Waals surface area contributed by atoms with Crippen LogP contribution in [0, 0.1) is 0 Å². The second-order valence-corrected chi connectivity index (χ2v) is 7.05. The topological polar surface area (TPSA) is 66.7 Å². The van der Waals surface area contributed by atoms with Crippen molar-refractivity contribution >= 4 is 5.96 Å². The van der Waals surface area contributed by atoms with Gasteiger partial charge in [0.15, 0.2) is 5.96 Å². The van der Waals surface area contributed by atoms with Gasteiger partial charge >= 0.3 is 0 Å². The monoisotopic (exact) mass is 384 g/mol. The van der Waals surface area contributed by atoms with Crippen LogP contribution in [0.25, 0.3) is 0 Å². The molecule has 1 unspecified atom stereocenters. The summed E-state index contributed by atoms with van der Waals surface area (Å²) in [5, 5.41) is 11.2. The number of rotatable bonds is 8. The third-order valence-corrected chi connectivity index (χ3v) is 5.00. The van der Waals surface area contributed by atoms with Crippen molar-refractivity contribution in [1.82, 2.24) is 25.3 Å². The molecule has 0 aliphatic carbocycles. The summed E-state index contributed by atoms with van der Waals surface area (Å²) in [6, 6.07) is 10.8. The maximum atomic E-state index is 5.45. The van der Waals surface area contributed by atoms with Crippen molar-refractivity contribution in [3.05, 3.63) is 53.9 Å². The fourth-order valence-corrected chi connectivity index (χ4v) is 3.33. The van der Waals surface area contributed by atoms with Crippen molar-refractivity contribution in [2.75, 3.05) is 39.4 Å². The molecule has 1 atom stereocenters. The first-order valence-corrected chi connectivity index (χ1v) is 10.1. The van der Waals surface area contributed by atoms with Crippen LogP contribution in [0.15, 0.2) is 47.7 Å². The molecule has 7 nitrogen and oxygen atoms in total. The third-order valence-electron chi connectivity index (χ3n) is 5.00. The molecule has 1 saturated heterocycles. The number of aromatic nitrogens is 2. The lowest BCUT2D eigenvalue weighted by Crippen LogP contribution is -2.49. The summed E-state index contributed by atoms with van der Waals surface area (Å²) in [5.41, 5.74) is 2.46. The predicted octanol–water partition coefficient (Wildman–Crippen LogP) is 1.71. The molecule has 2 heterocycles. The van der Waals surface area contributed by atoms with E-state index in [1.165, 1.54) is 11.1 Å². The number of hydrogen-bond donors (Lipinski definition) is 2. The summed E-state index contributed by atoms with van der Waals surface area (Å²) in [4.78, 5) is 7.27. The minimum absolute atomic E-state index is 0.444. The zero-order chi connectivity index (χ0) is 19.6. The Kier molecular flexibility index (Phi) is 7.87. The Morgan fingerprint density at radius 3 is 2.68 bits per heavy atom. The molecule has 1 aromatic heterocycles. The molecule has 1 aliphatic heterocycles. The smallest absolute Gasteiger partial charge is 0.191 e. The molecule has 0 saturated carbocycles. The summed E-state index contributed by atoms with van der Waals surface area (Å²) in [7, 11) is 0. The van der Waals surface area contributed by atoms with Gasteiger partial charge in [0.2, 0.25) is 0 Å². The van der Waals surface area contributed by atoms with E-state index in [-0.39, 0.29) is 0 Å². The molecule has 3 rings (SSSR count). The van der Waals surface area contributed by atoms with E-state index in [1.54, 1.807) is 0 Å². The molecular weight excluding hydrogens is 352 g/mol. The highest BCUT2D eigenvalue weighted by Crippen LogP contribution is 2.11. The largest absolute Gasteiger partial charge is 0.379 e. The normalized spacial score (nSPS) is 16.7. The molecule has 28 heavy (non-hydrogen) atoms. The average Bonchev–Trinajstić information content (AvgIpc) is 3.24.